The van der Waals surface area contributed by atoms with E-state index in [1.807, 2.05) is 13.8 Å². The van der Waals surface area contributed by atoms with E-state index in [2.05, 4.69) is 0 Å². The molecule has 0 spiro atoms. The fraction of sp³-hybridized carbons (Fsp3) is 0.333. The van der Waals surface area contributed by atoms with Gasteiger partial charge in [0.1, 0.15) is 5.75 Å². The third kappa shape index (κ3) is 3.08. The Bertz CT molecular complexity index is 376. The van der Waals surface area contributed by atoms with Crippen molar-refractivity contribution in [2.24, 2.45) is 5.73 Å². The molecule has 1 rings (SSSR count). The first-order chi connectivity index (χ1) is 7.43. The molecule has 0 radical (unpaired) electrons. The summed E-state index contributed by atoms with van der Waals surface area (Å²) >= 11 is 0. The third-order valence-electron chi connectivity index (χ3n) is 1.99. The molecule has 88 valence electrons. The van der Waals surface area contributed by atoms with Gasteiger partial charge in [0.05, 0.1) is 5.56 Å². The lowest BCUT2D eigenvalue weighted by atomic mass is 10.0. The number of benzene rings is 1. The second kappa shape index (κ2) is 5.90. The highest BCUT2D eigenvalue weighted by molar-refractivity contribution is 6.01. The quantitative estimate of drug-likeness (QED) is 0.753. The molecule has 0 heterocycles. The first-order valence-electron chi connectivity index (χ1n) is 5.08. The summed E-state index contributed by atoms with van der Waals surface area (Å²) in [7, 11) is 0. The number of primary amides is 1. The molecule has 0 aliphatic carbocycles. The van der Waals surface area contributed by atoms with Crippen LogP contribution in [0.2, 0.25) is 0 Å². The Hall–Kier alpha value is -1.84. The molecule has 3 N–H and O–H groups in total. The van der Waals surface area contributed by atoms with Crippen molar-refractivity contribution in [1.82, 2.24) is 0 Å². The van der Waals surface area contributed by atoms with Gasteiger partial charge in [0, 0.05) is 5.56 Å². The Balaban J connectivity index is 0.00000106. The summed E-state index contributed by atoms with van der Waals surface area (Å²) in [6.45, 7) is 6.96. The normalized spacial score (nSPS) is 9.00. The Morgan fingerprint density at radius 2 is 1.69 bits per heavy atom. The van der Waals surface area contributed by atoms with Crippen molar-refractivity contribution in [3.8, 4) is 5.75 Å². The molecule has 1 amide bonds. The fourth-order valence-corrected chi connectivity index (χ4v) is 1.24. The van der Waals surface area contributed by atoms with Crippen molar-refractivity contribution in [3.63, 3.8) is 0 Å². The zero-order chi connectivity index (χ0) is 12.9. The number of amides is 1. The number of carbonyl (C=O) groups excluding carboxylic acids is 2. The second-order valence-electron chi connectivity index (χ2n) is 3.10. The molecular weight excluding hydrogens is 206 g/mol. The van der Waals surface area contributed by atoms with Crippen LogP contribution in [0.15, 0.2) is 12.1 Å². The van der Waals surface area contributed by atoms with Crippen molar-refractivity contribution in [2.75, 3.05) is 0 Å². The van der Waals surface area contributed by atoms with Gasteiger partial charge in [-0.25, -0.2) is 0 Å². The number of hydrogen-bond donors (Lipinski definition) is 2. The van der Waals surface area contributed by atoms with Gasteiger partial charge in [-0.1, -0.05) is 13.8 Å². The van der Waals surface area contributed by atoms with Gasteiger partial charge in [-0.2, -0.15) is 0 Å². The minimum atomic E-state index is -0.606. The third-order valence-corrected chi connectivity index (χ3v) is 1.99. The predicted octanol–water partition coefficient (Wildman–Crippen LogP) is 2.03. The summed E-state index contributed by atoms with van der Waals surface area (Å²) in [6, 6.07) is 2.67. The summed E-state index contributed by atoms with van der Waals surface area (Å²) in [6.07, 6.45) is 0. The lowest BCUT2D eigenvalue weighted by Crippen LogP contribution is -2.13. The smallest absolute Gasteiger partial charge is 0.248 e. The largest absolute Gasteiger partial charge is 0.507 e. The maximum Gasteiger partial charge on any atom is 0.248 e. The first kappa shape index (κ1) is 14.2. The van der Waals surface area contributed by atoms with Crippen molar-refractivity contribution in [3.05, 3.63) is 28.8 Å². The number of rotatable bonds is 2. The molecule has 1 aromatic rings. The number of hydrogen-bond acceptors (Lipinski definition) is 3. The molecule has 16 heavy (non-hydrogen) atoms. The Kier molecular flexibility index (Phi) is 5.22. The molecule has 0 bridgehead atoms. The minimum absolute atomic E-state index is 0.115. The SMILES string of the molecule is CC.CC(=O)c1cc(C(N)=O)c(C)cc1O. The van der Waals surface area contributed by atoms with E-state index in [0.717, 1.165) is 0 Å². The van der Waals surface area contributed by atoms with Crippen molar-refractivity contribution >= 4 is 11.7 Å². The van der Waals surface area contributed by atoms with Crippen LogP contribution in [0, 0.1) is 6.92 Å². The summed E-state index contributed by atoms with van der Waals surface area (Å²) < 4.78 is 0. The van der Waals surface area contributed by atoms with Gasteiger partial charge in [-0.3, -0.25) is 9.59 Å². The van der Waals surface area contributed by atoms with Crippen molar-refractivity contribution in [2.45, 2.75) is 27.7 Å². The second-order valence-corrected chi connectivity index (χ2v) is 3.10. The van der Waals surface area contributed by atoms with E-state index in [1.165, 1.54) is 19.1 Å². The molecule has 4 nitrogen and oxygen atoms in total. The van der Waals surface area contributed by atoms with E-state index < -0.39 is 5.91 Å². The fourth-order valence-electron chi connectivity index (χ4n) is 1.24. The average molecular weight is 223 g/mol. The van der Waals surface area contributed by atoms with Gasteiger partial charge in [0.2, 0.25) is 5.91 Å². The highest BCUT2D eigenvalue weighted by Crippen LogP contribution is 2.22. The summed E-state index contributed by atoms with van der Waals surface area (Å²) in [4.78, 5) is 22.0. The van der Waals surface area contributed by atoms with Crippen LogP contribution in [0.25, 0.3) is 0 Å². The summed E-state index contributed by atoms with van der Waals surface area (Å²) in [5.74, 6) is -1.03. The number of Topliss-reactive ketones (excluding diaryl/α,β-unsaturated/α-hetero) is 1. The molecule has 1 aromatic carbocycles. The van der Waals surface area contributed by atoms with Crippen LogP contribution < -0.4 is 5.73 Å². The van der Waals surface area contributed by atoms with Crippen LogP contribution >= 0.6 is 0 Å². The van der Waals surface area contributed by atoms with Crippen LogP contribution in [0.4, 0.5) is 0 Å². The van der Waals surface area contributed by atoms with E-state index in [-0.39, 0.29) is 22.7 Å². The molecule has 0 aliphatic rings. The summed E-state index contributed by atoms with van der Waals surface area (Å²) in [5, 5.41) is 9.40. The lowest BCUT2D eigenvalue weighted by Gasteiger charge is -2.06. The topological polar surface area (TPSA) is 80.4 Å². The zero-order valence-corrected chi connectivity index (χ0v) is 10.00. The van der Waals surface area contributed by atoms with Crippen molar-refractivity contribution in [1.29, 1.82) is 0 Å². The highest BCUT2D eigenvalue weighted by Gasteiger charge is 2.12. The van der Waals surface area contributed by atoms with E-state index >= 15 is 0 Å². The van der Waals surface area contributed by atoms with Gasteiger partial charge in [-0.15, -0.1) is 0 Å². The molecule has 0 saturated heterocycles. The minimum Gasteiger partial charge on any atom is -0.507 e. The molecule has 0 aliphatic heterocycles. The van der Waals surface area contributed by atoms with Crippen molar-refractivity contribution < 1.29 is 14.7 Å². The van der Waals surface area contributed by atoms with Gasteiger partial charge in [0.15, 0.2) is 5.78 Å². The van der Waals surface area contributed by atoms with Crippen LogP contribution in [0.3, 0.4) is 0 Å². The molecule has 0 fully saturated rings. The van der Waals surface area contributed by atoms with Crippen LogP contribution in [-0.4, -0.2) is 16.8 Å². The lowest BCUT2D eigenvalue weighted by molar-refractivity contribution is 0.0999. The van der Waals surface area contributed by atoms with Gasteiger partial charge in [0.25, 0.3) is 0 Å². The van der Waals surface area contributed by atoms with Gasteiger partial charge in [-0.05, 0) is 31.5 Å². The number of phenolic OH excluding ortho intramolecular Hbond substituents is 1. The van der Waals surface area contributed by atoms with Crippen LogP contribution in [0.1, 0.15) is 47.1 Å². The monoisotopic (exact) mass is 223 g/mol. The van der Waals surface area contributed by atoms with E-state index in [4.69, 9.17) is 5.73 Å². The number of phenols is 1. The van der Waals surface area contributed by atoms with E-state index in [0.29, 0.717) is 5.56 Å². The Morgan fingerprint density at radius 1 is 1.19 bits per heavy atom. The average Bonchev–Trinajstić information content (AvgIpc) is 2.19. The standard InChI is InChI=1S/C10H11NO3.C2H6/c1-5-3-9(13)8(6(2)12)4-7(5)10(11)14;1-2/h3-4,13H,1-2H3,(H2,11,14);1-2H3. The van der Waals surface area contributed by atoms with Crippen LogP contribution in [0.5, 0.6) is 5.75 Å². The maximum absolute atomic E-state index is 11.0. The zero-order valence-electron chi connectivity index (χ0n) is 10.00. The molecular formula is C12H17NO3. The molecule has 4 heteroatoms. The Morgan fingerprint density at radius 3 is 2.06 bits per heavy atom. The first-order valence-corrected chi connectivity index (χ1v) is 5.08. The van der Waals surface area contributed by atoms with Gasteiger partial charge < -0.3 is 10.8 Å². The number of nitrogens with two attached hydrogens (primary N) is 1. The predicted molar refractivity (Wildman–Crippen MR) is 62.7 cm³/mol. The number of ketones is 1. The molecule has 0 saturated carbocycles. The van der Waals surface area contributed by atoms with Crippen LogP contribution in [-0.2, 0) is 0 Å². The number of aryl methyl sites for hydroxylation is 1. The van der Waals surface area contributed by atoms with E-state index in [1.54, 1.807) is 6.92 Å². The Labute approximate surface area is 95.1 Å². The van der Waals surface area contributed by atoms with Gasteiger partial charge >= 0.3 is 0 Å². The maximum atomic E-state index is 11.0. The number of carbonyl (C=O) groups is 2. The van der Waals surface area contributed by atoms with E-state index in [9.17, 15) is 14.7 Å². The highest BCUT2D eigenvalue weighted by atomic mass is 16.3. The number of aromatic hydroxyl groups is 1. The summed E-state index contributed by atoms with van der Waals surface area (Å²) in [5.41, 5.74) is 6.03. The molecule has 0 atom stereocenters. The molecule has 0 aromatic heterocycles. The molecule has 0 unspecified atom stereocenters.